The summed E-state index contributed by atoms with van der Waals surface area (Å²) in [6.45, 7) is 1.44. The zero-order valence-electron chi connectivity index (χ0n) is 10.3. The molecule has 0 aliphatic carbocycles. The molecule has 0 aliphatic rings. The van der Waals surface area contributed by atoms with Gasteiger partial charge in [-0.2, -0.15) is 0 Å². The Bertz CT molecular complexity index is 638. The highest BCUT2D eigenvalue weighted by Crippen LogP contribution is 2.14. The number of benzene rings is 2. The maximum atomic E-state index is 13.4. The van der Waals surface area contributed by atoms with E-state index in [0.717, 1.165) is 0 Å². The molecule has 0 unspecified atom stereocenters. The molecule has 1 amide bonds. The maximum Gasteiger partial charge on any atom is 0.258 e. The smallest absolute Gasteiger partial charge is 0.258 e. The first-order valence-electron chi connectivity index (χ1n) is 5.75. The molecule has 0 atom stereocenters. The lowest BCUT2D eigenvalue weighted by Gasteiger charge is -2.07. The quantitative estimate of drug-likeness (QED) is 0.858. The normalized spacial score (nSPS) is 10.0. The molecular formula is C15H12FNO2. The van der Waals surface area contributed by atoms with Gasteiger partial charge in [-0.05, 0) is 31.2 Å². The summed E-state index contributed by atoms with van der Waals surface area (Å²) >= 11 is 0. The van der Waals surface area contributed by atoms with Crippen LogP contribution in [0.3, 0.4) is 0 Å². The average Bonchev–Trinajstić information content (AvgIpc) is 2.39. The molecule has 4 heteroatoms. The van der Waals surface area contributed by atoms with Gasteiger partial charge in [0.25, 0.3) is 5.91 Å². The first-order valence-corrected chi connectivity index (χ1v) is 5.75. The second-order valence-electron chi connectivity index (χ2n) is 4.07. The van der Waals surface area contributed by atoms with Gasteiger partial charge in [0.1, 0.15) is 5.82 Å². The Morgan fingerprint density at radius 3 is 2.47 bits per heavy atom. The first-order chi connectivity index (χ1) is 9.08. The molecule has 2 aromatic carbocycles. The lowest BCUT2D eigenvalue weighted by molar-refractivity contribution is 0.100. The van der Waals surface area contributed by atoms with E-state index in [0.29, 0.717) is 11.3 Å². The monoisotopic (exact) mass is 257 g/mol. The van der Waals surface area contributed by atoms with Gasteiger partial charge in [0, 0.05) is 11.3 Å². The van der Waals surface area contributed by atoms with Gasteiger partial charge >= 0.3 is 0 Å². The average molecular weight is 257 g/mol. The van der Waals surface area contributed by atoms with Crippen molar-refractivity contribution in [3.05, 3.63) is 65.5 Å². The van der Waals surface area contributed by atoms with Gasteiger partial charge in [-0.15, -0.1) is 0 Å². The van der Waals surface area contributed by atoms with Gasteiger partial charge < -0.3 is 5.32 Å². The van der Waals surface area contributed by atoms with Crippen molar-refractivity contribution in [2.75, 3.05) is 5.32 Å². The fourth-order valence-corrected chi connectivity index (χ4v) is 1.66. The predicted molar refractivity (Wildman–Crippen MR) is 70.8 cm³/mol. The summed E-state index contributed by atoms with van der Waals surface area (Å²) in [6.07, 6.45) is 0. The molecule has 0 heterocycles. The third-order valence-electron chi connectivity index (χ3n) is 2.65. The van der Waals surface area contributed by atoms with E-state index in [9.17, 15) is 14.0 Å². The predicted octanol–water partition coefficient (Wildman–Crippen LogP) is 3.28. The summed E-state index contributed by atoms with van der Waals surface area (Å²) in [5.41, 5.74) is 0.919. The van der Waals surface area contributed by atoms with Crippen LogP contribution < -0.4 is 5.32 Å². The molecule has 0 saturated heterocycles. The van der Waals surface area contributed by atoms with E-state index in [4.69, 9.17) is 0 Å². The molecule has 0 saturated carbocycles. The second-order valence-corrected chi connectivity index (χ2v) is 4.07. The fraction of sp³-hybridized carbons (Fsp3) is 0.0667. The van der Waals surface area contributed by atoms with Crippen LogP contribution >= 0.6 is 0 Å². The Morgan fingerprint density at radius 1 is 1.05 bits per heavy atom. The van der Waals surface area contributed by atoms with Crippen molar-refractivity contribution in [2.24, 2.45) is 0 Å². The van der Waals surface area contributed by atoms with E-state index in [1.165, 1.54) is 25.1 Å². The minimum atomic E-state index is -0.581. The number of carbonyl (C=O) groups excluding carboxylic acids is 2. The van der Waals surface area contributed by atoms with Crippen molar-refractivity contribution in [3.63, 3.8) is 0 Å². The van der Waals surface area contributed by atoms with Gasteiger partial charge in [0.05, 0.1) is 5.56 Å². The van der Waals surface area contributed by atoms with Crippen LogP contribution in [0, 0.1) is 5.82 Å². The van der Waals surface area contributed by atoms with Crippen LogP contribution in [0.5, 0.6) is 0 Å². The molecule has 96 valence electrons. The van der Waals surface area contributed by atoms with Gasteiger partial charge in [-0.3, -0.25) is 9.59 Å². The largest absolute Gasteiger partial charge is 0.322 e. The number of nitrogens with one attached hydrogen (secondary N) is 1. The lowest BCUT2D eigenvalue weighted by Crippen LogP contribution is -2.13. The summed E-state index contributed by atoms with van der Waals surface area (Å²) in [4.78, 5) is 23.1. The Labute approximate surface area is 110 Å². The van der Waals surface area contributed by atoms with Crippen molar-refractivity contribution in [2.45, 2.75) is 6.92 Å². The number of Topliss-reactive ketones (excluding diaryl/α,β-unsaturated/α-hetero) is 1. The topological polar surface area (TPSA) is 46.2 Å². The Kier molecular flexibility index (Phi) is 3.71. The van der Waals surface area contributed by atoms with Crippen LogP contribution in [0.2, 0.25) is 0 Å². The van der Waals surface area contributed by atoms with Crippen molar-refractivity contribution in [1.82, 2.24) is 0 Å². The van der Waals surface area contributed by atoms with Gasteiger partial charge in [0.2, 0.25) is 0 Å². The summed E-state index contributed by atoms with van der Waals surface area (Å²) in [7, 11) is 0. The molecule has 0 fully saturated rings. The number of rotatable bonds is 3. The molecule has 0 aliphatic heterocycles. The van der Waals surface area contributed by atoms with Crippen LogP contribution in [0.15, 0.2) is 48.5 Å². The summed E-state index contributed by atoms with van der Waals surface area (Å²) in [6, 6.07) is 12.2. The van der Waals surface area contributed by atoms with E-state index < -0.39 is 11.7 Å². The van der Waals surface area contributed by atoms with E-state index in [1.54, 1.807) is 30.3 Å². The first kappa shape index (κ1) is 13.0. The number of anilines is 1. The molecule has 2 rings (SSSR count). The van der Waals surface area contributed by atoms with Gasteiger partial charge in [-0.25, -0.2) is 4.39 Å². The van der Waals surface area contributed by atoms with Crippen LogP contribution in [0.25, 0.3) is 0 Å². The standard InChI is InChI=1S/C15H12FNO2/c1-10(18)11-5-4-6-12(9-11)17-15(19)13-7-2-3-8-14(13)16/h2-9H,1H3,(H,17,19). The van der Waals surface area contributed by atoms with Crippen molar-refractivity contribution in [3.8, 4) is 0 Å². The Balaban J connectivity index is 2.22. The van der Waals surface area contributed by atoms with E-state index in [-0.39, 0.29) is 11.3 Å². The van der Waals surface area contributed by atoms with E-state index in [2.05, 4.69) is 5.32 Å². The van der Waals surface area contributed by atoms with Crippen LogP contribution in [0.4, 0.5) is 10.1 Å². The number of hydrogen-bond acceptors (Lipinski definition) is 2. The molecule has 2 aromatic rings. The van der Waals surface area contributed by atoms with Gasteiger partial charge in [-0.1, -0.05) is 24.3 Å². The molecular weight excluding hydrogens is 245 g/mol. The Morgan fingerprint density at radius 2 is 1.79 bits per heavy atom. The number of carbonyl (C=O) groups is 2. The maximum absolute atomic E-state index is 13.4. The second kappa shape index (κ2) is 5.44. The number of halogens is 1. The zero-order valence-corrected chi connectivity index (χ0v) is 10.3. The van der Waals surface area contributed by atoms with Crippen molar-refractivity contribution in [1.29, 1.82) is 0 Å². The molecule has 0 bridgehead atoms. The highest BCUT2D eigenvalue weighted by Gasteiger charge is 2.11. The van der Waals surface area contributed by atoms with Crippen LogP contribution in [-0.2, 0) is 0 Å². The van der Waals surface area contributed by atoms with Gasteiger partial charge in [0.15, 0.2) is 5.78 Å². The molecule has 1 N–H and O–H groups in total. The Hall–Kier alpha value is -2.49. The van der Waals surface area contributed by atoms with Crippen molar-refractivity contribution < 1.29 is 14.0 Å². The zero-order chi connectivity index (χ0) is 13.8. The molecule has 0 aromatic heterocycles. The highest BCUT2D eigenvalue weighted by atomic mass is 19.1. The SMILES string of the molecule is CC(=O)c1cccc(NC(=O)c2ccccc2F)c1. The summed E-state index contributed by atoms with van der Waals surface area (Å²) in [5.74, 6) is -1.22. The number of amides is 1. The van der Waals surface area contributed by atoms with E-state index in [1.807, 2.05) is 0 Å². The number of ketones is 1. The molecule has 0 spiro atoms. The lowest BCUT2D eigenvalue weighted by atomic mass is 10.1. The third kappa shape index (κ3) is 3.04. The van der Waals surface area contributed by atoms with Crippen LogP contribution in [0.1, 0.15) is 27.6 Å². The molecule has 3 nitrogen and oxygen atoms in total. The summed E-state index contributed by atoms with van der Waals surface area (Å²) < 4.78 is 13.4. The minimum absolute atomic E-state index is 0.0317. The van der Waals surface area contributed by atoms with Crippen molar-refractivity contribution >= 4 is 17.4 Å². The van der Waals surface area contributed by atoms with Crippen LogP contribution in [-0.4, -0.2) is 11.7 Å². The number of hydrogen-bond donors (Lipinski definition) is 1. The molecule has 0 radical (unpaired) electrons. The fourth-order valence-electron chi connectivity index (χ4n) is 1.66. The summed E-state index contributed by atoms with van der Waals surface area (Å²) in [5, 5.41) is 2.56. The molecule has 19 heavy (non-hydrogen) atoms. The third-order valence-corrected chi connectivity index (χ3v) is 2.65. The minimum Gasteiger partial charge on any atom is -0.322 e. The highest BCUT2D eigenvalue weighted by molar-refractivity contribution is 6.05. The van der Waals surface area contributed by atoms with E-state index >= 15 is 0 Å².